The van der Waals surface area contributed by atoms with Crippen LogP contribution in [0.2, 0.25) is 0 Å². The van der Waals surface area contributed by atoms with Crippen LogP contribution in [-0.2, 0) is 4.79 Å². The Balaban J connectivity index is 2.37. The van der Waals surface area contributed by atoms with Gasteiger partial charge in [0.2, 0.25) is 0 Å². The number of hydrogen-bond donors (Lipinski definition) is 0. The van der Waals surface area contributed by atoms with Crippen molar-refractivity contribution in [2.75, 3.05) is 0 Å². The summed E-state index contributed by atoms with van der Waals surface area (Å²) < 4.78 is 0. The van der Waals surface area contributed by atoms with Crippen molar-refractivity contribution in [2.45, 2.75) is 39.5 Å². The predicted molar refractivity (Wildman–Crippen MR) is 50.9 cm³/mol. The van der Waals surface area contributed by atoms with Crippen LogP contribution in [0.4, 0.5) is 0 Å². The first-order valence-electron chi connectivity index (χ1n) is 4.87. The van der Waals surface area contributed by atoms with E-state index in [-0.39, 0.29) is 0 Å². The SMILES string of the molecule is CC(C)C1C=C(CCC=O)CC1. The average molecular weight is 166 g/mol. The van der Waals surface area contributed by atoms with Crippen molar-refractivity contribution in [2.24, 2.45) is 11.8 Å². The van der Waals surface area contributed by atoms with Gasteiger partial charge in [0.05, 0.1) is 0 Å². The van der Waals surface area contributed by atoms with E-state index in [0.29, 0.717) is 6.42 Å². The first-order chi connectivity index (χ1) is 5.74. The first kappa shape index (κ1) is 9.50. The Morgan fingerprint density at radius 3 is 2.92 bits per heavy atom. The second-order valence-electron chi connectivity index (χ2n) is 3.98. The third-order valence-corrected chi connectivity index (χ3v) is 2.69. The summed E-state index contributed by atoms with van der Waals surface area (Å²) in [5.74, 6) is 1.53. The number of carbonyl (C=O) groups is 1. The van der Waals surface area contributed by atoms with Crippen LogP contribution < -0.4 is 0 Å². The second kappa shape index (κ2) is 4.44. The van der Waals surface area contributed by atoms with E-state index in [2.05, 4.69) is 19.9 Å². The third-order valence-electron chi connectivity index (χ3n) is 2.69. The van der Waals surface area contributed by atoms with Crippen LogP contribution in [0, 0.1) is 11.8 Å². The molecule has 1 aliphatic rings. The van der Waals surface area contributed by atoms with E-state index in [1.165, 1.54) is 18.4 Å². The molecule has 0 saturated carbocycles. The molecule has 0 N–H and O–H groups in total. The van der Waals surface area contributed by atoms with Crippen molar-refractivity contribution in [1.82, 2.24) is 0 Å². The third kappa shape index (κ3) is 2.47. The summed E-state index contributed by atoms with van der Waals surface area (Å²) >= 11 is 0. The molecular weight excluding hydrogens is 148 g/mol. The van der Waals surface area contributed by atoms with Gasteiger partial charge in [-0.2, -0.15) is 0 Å². The predicted octanol–water partition coefficient (Wildman–Crippen LogP) is 2.96. The fourth-order valence-electron chi connectivity index (χ4n) is 1.80. The summed E-state index contributed by atoms with van der Waals surface area (Å²) in [5, 5.41) is 0. The zero-order valence-electron chi connectivity index (χ0n) is 8.05. The minimum absolute atomic E-state index is 0.705. The van der Waals surface area contributed by atoms with Crippen LogP contribution in [0.5, 0.6) is 0 Å². The lowest BCUT2D eigenvalue weighted by Crippen LogP contribution is -2.00. The van der Waals surface area contributed by atoms with Crippen molar-refractivity contribution >= 4 is 6.29 Å². The van der Waals surface area contributed by atoms with Gasteiger partial charge in [0.25, 0.3) is 0 Å². The molecule has 0 aromatic rings. The Morgan fingerprint density at radius 2 is 2.42 bits per heavy atom. The molecule has 1 unspecified atom stereocenters. The fourth-order valence-corrected chi connectivity index (χ4v) is 1.80. The van der Waals surface area contributed by atoms with Crippen molar-refractivity contribution in [3.8, 4) is 0 Å². The quantitative estimate of drug-likeness (QED) is 0.463. The van der Waals surface area contributed by atoms with E-state index in [4.69, 9.17) is 0 Å². The molecule has 68 valence electrons. The normalized spacial score (nSPS) is 22.9. The van der Waals surface area contributed by atoms with Crippen LogP contribution in [0.3, 0.4) is 0 Å². The van der Waals surface area contributed by atoms with Gasteiger partial charge in [-0.1, -0.05) is 25.5 Å². The average Bonchev–Trinajstić information content (AvgIpc) is 2.48. The molecule has 1 atom stereocenters. The maximum atomic E-state index is 10.1. The highest BCUT2D eigenvalue weighted by Gasteiger charge is 2.17. The number of aldehydes is 1. The highest BCUT2D eigenvalue weighted by Crippen LogP contribution is 2.31. The smallest absolute Gasteiger partial charge is 0.120 e. The molecule has 0 fully saturated rings. The largest absolute Gasteiger partial charge is 0.303 e. The summed E-state index contributed by atoms with van der Waals surface area (Å²) in [7, 11) is 0. The zero-order chi connectivity index (χ0) is 8.97. The molecule has 0 spiro atoms. The van der Waals surface area contributed by atoms with Gasteiger partial charge in [-0.3, -0.25) is 0 Å². The summed E-state index contributed by atoms with van der Waals surface area (Å²) in [6.07, 6.45) is 7.61. The standard InChI is InChI=1S/C11H18O/c1-9(2)11-6-5-10(8-11)4-3-7-12/h7-9,11H,3-6H2,1-2H3. The zero-order valence-corrected chi connectivity index (χ0v) is 8.05. The summed E-state index contributed by atoms with van der Waals surface area (Å²) in [6, 6.07) is 0. The van der Waals surface area contributed by atoms with Crippen LogP contribution in [0.1, 0.15) is 39.5 Å². The van der Waals surface area contributed by atoms with Crippen LogP contribution in [-0.4, -0.2) is 6.29 Å². The Morgan fingerprint density at radius 1 is 1.67 bits per heavy atom. The molecule has 0 heterocycles. The lowest BCUT2D eigenvalue weighted by molar-refractivity contribution is -0.107. The van der Waals surface area contributed by atoms with Gasteiger partial charge in [-0.25, -0.2) is 0 Å². The maximum Gasteiger partial charge on any atom is 0.120 e. The Hall–Kier alpha value is -0.590. The van der Waals surface area contributed by atoms with Gasteiger partial charge < -0.3 is 4.79 Å². The molecule has 12 heavy (non-hydrogen) atoms. The number of carbonyl (C=O) groups excluding carboxylic acids is 1. The Kier molecular flexibility index (Phi) is 3.51. The van der Waals surface area contributed by atoms with Crippen molar-refractivity contribution < 1.29 is 4.79 Å². The number of hydrogen-bond acceptors (Lipinski definition) is 1. The molecule has 0 bridgehead atoms. The van der Waals surface area contributed by atoms with Crippen LogP contribution in [0.15, 0.2) is 11.6 Å². The highest BCUT2D eigenvalue weighted by atomic mass is 16.1. The van der Waals surface area contributed by atoms with Crippen molar-refractivity contribution in [3.05, 3.63) is 11.6 Å². The molecule has 0 aliphatic heterocycles. The highest BCUT2D eigenvalue weighted by molar-refractivity contribution is 5.49. The minimum atomic E-state index is 0.705. The lowest BCUT2D eigenvalue weighted by atomic mass is 9.96. The van der Waals surface area contributed by atoms with E-state index in [9.17, 15) is 4.79 Å². The van der Waals surface area contributed by atoms with E-state index in [1.807, 2.05) is 0 Å². The number of allylic oxidation sites excluding steroid dienone is 2. The molecule has 1 nitrogen and oxygen atoms in total. The molecule has 1 aliphatic carbocycles. The van der Waals surface area contributed by atoms with E-state index in [1.54, 1.807) is 0 Å². The van der Waals surface area contributed by atoms with Gasteiger partial charge in [0.15, 0.2) is 0 Å². The molecule has 1 heteroatoms. The molecular formula is C11H18O. The Labute approximate surface area is 74.9 Å². The van der Waals surface area contributed by atoms with Gasteiger partial charge in [-0.15, -0.1) is 0 Å². The summed E-state index contributed by atoms with van der Waals surface area (Å²) in [5.41, 5.74) is 1.50. The molecule has 1 rings (SSSR count). The minimum Gasteiger partial charge on any atom is -0.303 e. The van der Waals surface area contributed by atoms with Gasteiger partial charge in [0.1, 0.15) is 6.29 Å². The van der Waals surface area contributed by atoms with E-state index < -0.39 is 0 Å². The van der Waals surface area contributed by atoms with Crippen LogP contribution in [0.25, 0.3) is 0 Å². The monoisotopic (exact) mass is 166 g/mol. The second-order valence-corrected chi connectivity index (χ2v) is 3.98. The van der Waals surface area contributed by atoms with Crippen LogP contribution >= 0.6 is 0 Å². The molecule has 0 radical (unpaired) electrons. The fraction of sp³-hybridized carbons (Fsp3) is 0.727. The maximum absolute atomic E-state index is 10.1. The molecule has 0 saturated heterocycles. The first-order valence-corrected chi connectivity index (χ1v) is 4.87. The van der Waals surface area contributed by atoms with Gasteiger partial charge in [-0.05, 0) is 31.1 Å². The Bertz CT molecular complexity index is 179. The van der Waals surface area contributed by atoms with Crippen molar-refractivity contribution in [3.63, 3.8) is 0 Å². The molecule has 0 amide bonds. The van der Waals surface area contributed by atoms with E-state index >= 15 is 0 Å². The van der Waals surface area contributed by atoms with Gasteiger partial charge >= 0.3 is 0 Å². The molecule has 0 aromatic carbocycles. The topological polar surface area (TPSA) is 17.1 Å². The number of rotatable bonds is 4. The summed E-state index contributed by atoms with van der Waals surface area (Å²) in [6.45, 7) is 4.54. The van der Waals surface area contributed by atoms with Gasteiger partial charge in [0, 0.05) is 6.42 Å². The summed E-state index contributed by atoms with van der Waals surface area (Å²) in [4.78, 5) is 10.1. The van der Waals surface area contributed by atoms with E-state index in [0.717, 1.165) is 24.5 Å². The van der Waals surface area contributed by atoms with Crippen molar-refractivity contribution in [1.29, 1.82) is 0 Å². The lowest BCUT2D eigenvalue weighted by Gasteiger charge is -2.09. The molecule has 0 aromatic heterocycles.